The Balaban J connectivity index is 2.66. The van der Waals surface area contributed by atoms with E-state index in [0.717, 1.165) is 30.2 Å². The number of methoxy groups -OCH3 is 2. The van der Waals surface area contributed by atoms with E-state index in [1.54, 1.807) is 14.2 Å². The summed E-state index contributed by atoms with van der Waals surface area (Å²) in [6.07, 6.45) is 0. The van der Waals surface area contributed by atoms with E-state index in [-0.39, 0.29) is 6.04 Å². The molecule has 5 nitrogen and oxygen atoms in total. The molecule has 21 heavy (non-hydrogen) atoms. The molecule has 0 aromatic heterocycles. The van der Waals surface area contributed by atoms with Gasteiger partial charge in [-0.25, -0.2) is 0 Å². The van der Waals surface area contributed by atoms with Gasteiger partial charge in [0.05, 0.1) is 40.1 Å². The van der Waals surface area contributed by atoms with E-state index >= 15 is 0 Å². The molecular formula is C16H27NO4. The van der Waals surface area contributed by atoms with Gasteiger partial charge >= 0.3 is 0 Å². The highest BCUT2D eigenvalue weighted by molar-refractivity contribution is 5.43. The van der Waals surface area contributed by atoms with Gasteiger partial charge in [0.15, 0.2) is 11.5 Å². The summed E-state index contributed by atoms with van der Waals surface area (Å²) >= 11 is 0. The summed E-state index contributed by atoms with van der Waals surface area (Å²) in [6, 6.07) is 6.05. The maximum Gasteiger partial charge on any atom is 0.161 e. The van der Waals surface area contributed by atoms with Crippen LogP contribution >= 0.6 is 0 Å². The van der Waals surface area contributed by atoms with Gasteiger partial charge in [0, 0.05) is 6.61 Å². The van der Waals surface area contributed by atoms with Crippen molar-refractivity contribution in [3.63, 3.8) is 0 Å². The molecule has 0 radical (unpaired) electrons. The Kier molecular flexibility index (Phi) is 8.82. The third-order valence-corrected chi connectivity index (χ3v) is 3.12. The molecule has 1 N–H and O–H groups in total. The molecule has 0 aliphatic heterocycles. The number of ether oxygens (including phenoxy) is 4. The molecular weight excluding hydrogens is 270 g/mol. The summed E-state index contributed by atoms with van der Waals surface area (Å²) in [5.74, 6) is 1.46. The van der Waals surface area contributed by atoms with Crippen molar-refractivity contribution < 1.29 is 18.9 Å². The number of rotatable bonds is 11. The van der Waals surface area contributed by atoms with E-state index in [1.165, 1.54) is 0 Å². The highest BCUT2D eigenvalue weighted by Crippen LogP contribution is 2.30. The zero-order valence-corrected chi connectivity index (χ0v) is 13.5. The first kappa shape index (κ1) is 17.8. The van der Waals surface area contributed by atoms with Crippen LogP contribution in [-0.4, -0.2) is 47.2 Å². The summed E-state index contributed by atoms with van der Waals surface area (Å²) < 4.78 is 21.6. The van der Waals surface area contributed by atoms with Crippen LogP contribution in [0.5, 0.6) is 11.5 Å². The van der Waals surface area contributed by atoms with Gasteiger partial charge in [-0.2, -0.15) is 0 Å². The average Bonchev–Trinajstić information content (AvgIpc) is 2.53. The highest BCUT2D eigenvalue weighted by atomic mass is 16.5. The van der Waals surface area contributed by atoms with E-state index in [1.807, 2.05) is 25.1 Å². The fourth-order valence-corrected chi connectivity index (χ4v) is 2.05. The quantitative estimate of drug-likeness (QED) is 0.636. The highest BCUT2D eigenvalue weighted by Gasteiger charge is 2.13. The summed E-state index contributed by atoms with van der Waals surface area (Å²) in [4.78, 5) is 0. The molecule has 1 unspecified atom stereocenters. The van der Waals surface area contributed by atoms with Gasteiger partial charge in [0.1, 0.15) is 0 Å². The van der Waals surface area contributed by atoms with Gasteiger partial charge in [-0.15, -0.1) is 0 Å². The smallest absolute Gasteiger partial charge is 0.161 e. The molecule has 1 aromatic rings. The predicted octanol–water partition coefficient (Wildman–Crippen LogP) is 2.41. The van der Waals surface area contributed by atoms with Crippen LogP contribution in [0.25, 0.3) is 0 Å². The summed E-state index contributed by atoms with van der Waals surface area (Å²) in [5, 5.41) is 3.42. The van der Waals surface area contributed by atoms with Gasteiger partial charge in [0.25, 0.3) is 0 Å². The van der Waals surface area contributed by atoms with E-state index in [9.17, 15) is 0 Å². The number of hydrogen-bond acceptors (Lipinski definition) is 5. The first-order valence-corrected chi connectivity index (χ1v) is 7.37. The maximum atomic E-state index is 5.68. The predicted molar refractivity (Wildman–Crippen MR) is 83.3 cm³/mol. The van der Waals surface area contributed by atoms with Crippen LogP contribution in [0.15, 0.2) is 18.2 Å². The lowest BCUT2D eigenvalue weighted by atomic mass is 10.1. The van der Waals surface area contributed by atoms with Crippen molar-refractivity contribution in [3.8, 4) is 11.5 Å². The Morgan fingerprint density at radius 1 is 1.00 bits per heavy atom. The molecule has 0 saturated carbocycles. The largest absolute Gasteiger partial charge is 0.493 e. The number of likely N-dealkylation sites (N-methyl/N-ethyl adjacent to an activating group) is 1. The summed E-state index contributed by atoms with van der Waals surface area (Å²) in [6.45, 7) is 7.46. The lowest BCUT2D eigenvalue weighted by molar-refractivity contribution is 0.0435. The minimum absolute atomic E-state index is 0.122. The minimum Gasteiger partial charge on any atom is -0.493 e. The van der Waals surface area contributed by atoms with E-state index in [0.29, 0.717) is 19.8 Å². The van der Waals surface area contributed by atoms with Crippen LogP contribution in [0.3, 0.4) is 0 Å². The molecule has 0 spiro atoms. The summed E-state index contributed by atoms with van der Waals surface area (Å²) in [5.41, 5.74) is 1.12. The van der Waals surface area contributed by atoms with Crippen LogP contribution in [0.2, 0.25) is 0 Å². The van der Waals surface area contributed by atoms with E-state index < -0.39 is 0 Å². The minimum atomic E-state index is 0.122. The third-order valence-electron chi connectivity index (χ3n) is 3.12. The van der Waals surface area contributed by atoms with Crippen LogP contribution in [0, 0.1) is 0 Å². The zero-order chi connectivity index (χ0) is 15.5. The molecule has 1 rings (SSSR count). The molecule has 0 heterocycles. The normalized spacial score (nSPS) is 12.2. The molecule has 0 aliphatic carbocycles. The van der Waals surface area contributed by atoms with Gasteiger partial charge in [-0.1, -0.05) is 13.0 Å². The Morgan fingerprint density at radius 3 is 2.33 bits per heavy atom. The second-order valence-corrected chi connectivity index (χ2v) is 4.50. The monoisotopic (exact) mass is 297 g/mol. The number of hydrogen-bond donors (Lipinski definition) is 1. The third kappa shape index (κ3) is 5.91. The Bertz CT molecular complexity index is 398. The molecule has 0 fully saturated rings. The molecule has 120 valence electrons. The first-order chi connectivity index (χ1) is 10.3. The molecule has 0 amide bonds. The fraction of sp³-hybridized carbons (Fsp3) is 0.625. The van der Waals surface area contributed by atoms with Crippen LogP contribution in [0.4, 0.5) is 0 Å². The Hall–Kier alpha value is -1.30. The Labute approximate surface area is 127 Å². The van der Waals surface area contributed by atoms with Crippen molar-refractivity contribution in [2.75, 3.05) is 47.2 Å². The van der Waals surface area contributed by atoms with Crippen molar-refractivity contribution in [2.45, 2.75) is 19.9 Å². The van der Waals surface area contributed by atoms with Crippen molar-refractivity contribution >= 4 is 0 Å². The van der Waals surface area contributed by atoms with Crippen molar-refractivity contribution in [1.29, 1.82) is 0 Å². The van der Waals surface area contributed by atoms with Crippen LogP contribution < -0.4 is 14.8 Å². The summed E-state index contributed by atoms with van der Waals surface area (Å²) in [7, 11) is 3.28. The van der Waals surface area contributed by atoms with Gasteiger partial charge in [-0.05, 0) is 31.2 Å². The van der Waals surface area contributed by atoms with Crippen LogP contribution in [0.1, 0.15) is 25.5 Å². The molecule has 0 saturated heterocycles. The lowest BCUT2D eigenvalue weighted by Crippen LogP contribution is -2.26. The maximum absolute atomic E-state index is 5.68. The van der Waals surface area contributed by atoms with E-state index in [2.05, 4.69) is 12.2 Å². The zero-order valence-electron chi connectivity index (χ0n) is 13.5. The molecule has 1 atom stereocenters. The number of nitrogens with one attached hydrogen (secondary N) is 1. The molecule has 0 bridgehead atoms. The van der Waals surface area contributed by atoms with Crippen LogP contribution in [-0.2, 0) is 9.47 Å². The Morgan fingerprint density at radius 2 is 1.71 bits per heavy atom. The topological polar surface area (TPSA) is 49.0 Å². The first-order valence-electron chi connectivity index (χ1n) is 7.37. The number of benzene rings is 1. The average molecular weight is 297 g/mol. The second-order valence-electron chi connectivity index (χ2n) is 4.50. The molecule has 5 heteroatoms. The van der Waals surface area contributed by atoms with Gasteiger partial charge in [-0.3, -0.25) is 0 Å². The van der Waals surface area contributed by atoms with Gasteiger partial charge < -0.3 is 24.3 Å². The fourth-order valence-electron chi connectivity index (χ4n) is 2.05. The van der Waals surface area contributed by atoms with Crippen molar-refractivity contribution in [1.82, 2.24) is 5.32 Å². The second kappa shape index (κ2) is 10.4. The van der Waals surface area contributed by atoms with Crippen molar-refractivity contribution in [3.05, 3.63) is 23.8 Å². The standard InChI is InChI=1S/C16H27NO4/c1-5-17-14(12-21-10-9-20-6-2)13-7-8-15(18-3)16(11-13)19-4/h7-8,11,14,17H,5-6,9-10,12H2,1-4H3. The van der Waals surface area contributed by atoms with Crippen molar-refractivity contribution in [2.24, 2.45) is 0 Å². The van der Waals surface area contributed by atoms with E-state index in [4.69, 9.17) is 18.9 Å². The molecule has 1 aromatic carbocycles. The lowest BCUT2D eigenvalue weighted by Gasteiger charge is -2.20. The van der Waals surface area contributed by atoms with Gasteiger partial charge in [0.2, 0.25) is 0 Å². The SMILES string of the molecule is CCNC(COCCOCC)c1ccc(OC)c(OC)c1. The molecule has 0 aliphatic rings.